The lowest BCUT2D eigenvalue weighted by Crippen LogP contribution is -2.52. The van der Waals surface area contributed by atoms with Gasteiger partial charge in [0.05, 0.1) is 35.2 Å². The number of aromatic amines is 1. The topological polar surface area (TPSA) is 189 Å². The quantitative estimate of drug-likeness (QED) is 0.125. The number of hydrogen-bond donors (Lipinski definition) is 5. The molecule has 2 amide bonds. The zero-order valence-electron chi connectivity index (χ0n) is 27.8. The minimum absolute atomic E-state index is 0.0282. The Bertz CT molecular complexity index is 1810. The number of carbonyl (C=O) groups excluding carboxylic acids is 2. The number of hydrogen-bond acceptors (Lipinski definition) is 9. The molecule has 2 atom stereocenters. The molecule has 0 saturated carbocycles. The van der Waals surface area contributed by atoms with Gasteiger partial charge in [-0.3, -0.25) is 10.1 Å². The molecule has 0 radical (unpaired) electrons. The number of benzene rings is 3. The minimum atomic E-state index is -4.13. The van der Waals surface area contributed by atoms with E-state index >= 15 is 0 Å². The van der Waals surface area contributed by atoms with Crippen LogP contribution in [0.25, 0.3) is 11.0 Å². The Morgan fingerprint density at radius 3 is 2.33 bits per heavy atom. The van der Waals surface area contributed by atoms with Crippen LogP contribution < -0.4 is 21.1 Å². The van der Waals surface area contributed by atoms with Gasteiger partial charge in [0.2, 0.25) is 16.0 Å². The second-order valence-electron chi connectivity index (χ2n) is 12.1. The summed E-state index contributed by atoms with van der Waals surface area (Å²) in [7, 11) is -2.91. The molecule has 0 aliphatic carbocycles. The van der Waals surface area contributed by atoms with E-state index in [4.69, 9.17) is 10.5 Å². The number of aliphatic hydroxyl groups is 1. The molecule has 0 spiro atoms. The minimum Gasteiger partial charge on any atom is -0.483 e. The molecular formula is C34H44N6O7S. The molecule has 14 heteroatoms. The first-order chi connectivity index (χ1) is 22.8. The van der Waals surface area contributed by atoms with E-state index in [1.165, 1.54) is 29.6 Å². The Labute approximate surface area is 280 Å². The molecule has 258 valence electrons. The summed E-state index contributed by atoms with van der Waals surface area (Å²) in [4.78, 5) is 31.9. The summed E-state index contributed by atoms with van der Waals surface area (Å²) in [6.07, 6.45) is -1.75. The molecule has 6 N–H and O–H groups in total. The van der Waals surface area contributed by atoms with Gasteiger partial charge in [-0.1, -0.05) is 56.3 Å². The van der Waals surface area contributed by atoms with Gasteiger partial charge in [-0.2, -0.15) is 4.31 Å². The third-order valence-corrected chi connectivity index (χ3v) is 9.50. The van der Waals surface area contributed by atoms with Crippen LogP contribution in [0.15, 0.2) is 65.6 Å². The van der Waals surface area contributed by atoms with Crippen LogP contribution in [-0.4, -0.2) is 78.7 Å². The molecule has 4 rings (SSSR count). The fourth-order valence-corrected chi connectivity index (χ4v) is 7.09. The molecule has 48 heavy (non-hydrogen) atoms. The van der Waals surface area contributed by atoms with E-state index < -0.39 is 34.2 Å². The SMILES string of the molecule is COC(=O)Nc1nc2ccc(S(=O)(=O)N(CC(C)C)C[C@@H](O)[C@H](Cc3ccccc3)NC(=O)COc3c(C)cc(CN)cc3C)cc2[nH]1. The second-order valence-corrected chi connectivity index (χ2v) is 14.0. The Balaban J connectivity index is 1.56. The van der Waals surface area contributed by atoms with E-state index in [1.807, 2.05) is 70.2 Å². The number of nitrogens with one attached hydrogen (secondary N) is 3. The van der Waals surface area contributed by atoms with Crippen molar-refractivity contribution in [2.24, 2.45) is 11.7 Å². The third-order valence-electron chi connectivity index (χ3n) is 7.67. The highest BCUT2D eigenvalue weighted by atomic mass is 32.2. The van der Waals surface area contributed by atoms with Gasteiger partial charge in [-0.05, 0) is 66.6 Å². The number of rotatable bonds is 15. The zero-order chi connectivity index (χ0) is 35.0. The van der Waals surface area contributed by atoms with Crippen molar-refractivity contribution >= 4 is 39.0 Å². The highest BCUT2D eigenvalue weighted by Gasteiger charge is 2.32. The molecule has 0 aliphatic rings. The van der Waals surface area contributed by atoms with Crippen molar-refractivity contribution in [1.29, 1.82) is 0 Å². The average molecular weight is 681 g/mol. The normalized spacial score (nSPS) is 13.0. The number of amides is 2. The van der Waals surface area contributed by atoms with Gasteiger partial charge >= 0.3 is 6.09 Å². The number of carbonyl (C=O) groups is 2. The van der Waals surface area contributed by atoms with Crippen LogP contribution >= 0.6 is 0 Å². The van der Waals surface area contributed by atoms with Crippen molar-refractivity contribution in [1.82, 2.24) is 19.6 Å². The Morgan fingerprint density at radius 1 is 1.02 bits per heavy atom. The van der Waals surface area contributed by atoms with Gasteiger partial charge in [0.25, 0.3) is 5.91 Å². The number of aliphatic hydroxyl groups excluding tert-OH is 1. The number of H-pyrrole nitrogens is 1. The maximum absolute atomic E-state index is 14.0. The van der Waals surface area contributed by atoms with Crippen molar-refractivity contribution in [3.63, 3.8) is 0 Å². The number of sulfonamides is 1. The third kappa shape index (κ3) is 9.31. The van der Waals surface area contributed by atoms with Crippen molar-refractivity contribution in [2.75, 3.05) is 32.1 Å². The van der Waals surface area contributed by atoms with E-state index in [0.717, 1.165) is 22.3 Å². The first-order valence-corrected chi connectivity index (χ1v) is 17.0. The van der Waals surface area contributed by atoms with Crippen LogP contribution in [0.3, 0.4) is 0 Å². The lowest BCUT2D eigenvalue weighted by Gasteiger charge is -2.30. The first-order valence-electron chi connectivity index (χ1n) is 15.6. The molecule has 0 bridgehead atoms. The highest BCUT2D eigenvalue weighted by Crippen LogP contribution is 2.26. The monoisotopic (exact) mass is 680 g/mol. The number of aromatic nitrogens is 2. The van der Waals surface area contributed by atoms with Crippen LogP contribution in [0.5, 0.6) is 5.75 Å². The molecule has 0 aliphatic heterocycles. The summed E-state index contributed by atoms with van der Waals surface area (Å²) < 4.78 is 39.8. The van der Waals surface area contributed by atoms with Crippen LogP contribution in [0.1, 0.15) is 36.1 Å². The number of ether oxygens (including phenoxy) is 2. The van der Waals surface area contributed by atoms with Crippen molar-refractivity contribution in [3.8, 4) is 5.75 Å². The van der Waals surface area contributed by atoms with Gasteiger partial charge in [0.15, 0.2) is 6.61 Å². The summed E-state index contributed by atoms with van der Waals surface area (Å²) in [5, 5.41) is 16.9. The number of methoxy groups -OCH3 is 1. The summed E-state index contributed by atoms with van der Waals surface area (Å²) >= 11 is 0. The van der Waals surface area contributed by atoms with Gasteiger partial charge in [-0.25, -0.2) is 18.2 Å². The lowest BCUT2D eigenvalue weighted by atomic mass is 10.0. The van der Waals surface area contributed by atoms with Gasteiger partial charge in [-0.15, -0.1) is 0 Å². The standard InChI is InChI=1S/C34H44N6O7S/c1-21(2)18-40(48(44,45)26-11-12-27-28(16-26)38-33(37-27)39-34(43)46-5)19-30(41)29(15-24-9-7-6-8-10-24)36-31(42)20-47-32-22(3)13-25(17-35)14-23(32)4/h6-14,16,21,29-30,41H,15,17-20,35H2,1-5H3,(H,36,42)(H2,37,38,39,43)/t29-,30+/m0/s1. The number of aryl methyl sites for hydroxylation is 2. The van der Waals surface area contributed by atoms with Gasteiger partial charge in [0, 0.05) is 19.6 Å². The first kappa shape index (κ1) is 36.3. The van der Waals surface area contributed by atoms with E-state index in [1.54, 1.807) is 0 Å². The molecule has 0 saturated heterocycles. The molecule has 0 unspecified atom stereocenters. The maximum Gasteiger partial charge on any atom is 0.413 e. The molecule has 3 aromatic carbocycles. The number of imidazole rings is 1. The van der Waals surface area contributed by atoms with Gasteiger partial charge < -0.3 is 30.6 Å². The largest absolute Gasteiger partial charge is 0.483 e. The predicted octanol–water partition coefficient (Wildman–Crippen LogP) is 3.63. The number of nitrogens with zero attached hydrogens (tertiary/aromatic N) is 2. The predicted molar refractivity (Wildman–Crippen MR) is 183 cm³/mol. The fourth-order valence-electron chi connectivity index (χ4n) is 5.44. The van der Waals surface area contributed by atoms with Crippen LogP contribution in [0, 0.1) is 19.8 Å². The maximum atomic E-state index is 14.0. The average Bonchev–Trinajstić information content (AvgIpc) is 3.45. The summed E-state index contributed by atoms with van der Waals surface area (Å²) in [6.45, 7) is 7.44. The van der Waals surface area contributed by atoms with Crippen molar-refractivity contribution < 1.29 is 32.6 Å². The van der Waals surface area contributed by atoms with Crippen molar-refractivity contribution in [3.05, 3.63) is 82.9 Å². The Kier molecular flexibility index (Phi) is 12.2. The zero-order valence-corrected chi connectivity index (χ0v) is 28.6. The molecule has 1 aromatic heterocycles. The molecule has 1 heterocycles. The molecule has 0 fully saturated rings. The number of fused-ring (bicyclic) bond motifs is 1. The van der Waals surface area contributed by atoms with E-state index in [-0.39, 0.29) is 42.9 Å². The number of nitrogens with two attached hydrogens (primary N) is 1. The lowest BCUT2D eigenvalue weighted by molar-refractivity contribution is -0.124. The van der Waals surface area contributed by atoms with Crippen LogP contribution in [-0.2, 0) is 32.5 Å². The second kappa shape index (κ2) is 16.1. The molecular weight excluding hydrogens is 636 g/mol. The Hall–Kier alpha value is -4.50. The van der Waals surface area contributed by atoms with E-state index in [2.05, 4.69) is 25.3 Å². The van der Waals surface area contributed by atoms with Crippen LogP contribution in [0.2, 0.25) is 0 Å². The Morgan fingerprint density at radius 2 is 1.71 bits per heavy atom. The number of anilines is 1. The molecule has 4 aromatic rings. The fraction of sp³-hybridized carbons (Fsp3) is 0.382. The van der Waals surface area contributed by atoms with Crippen LogP contribution in [0.4, 0.5) is 10.7 Å². The van der Waals surface area contributed by atoms with E-state index in [9.17, 15) is 23.1 Å². The van der Waals surface area contributed by atoms with Gasteiger partial charge in [0.1, 0.15) is 5.75 Å². The molecule has 13 nitrogen and oxygen atoms in total. The highest BCUT2D eigenvalue weighted by molar-refractivity contribution is 7.89. The summed E-state index contributed by atoms with van der Waals surface area (Å²) in [5.41, 5.74) is 10.1. The van der Waals surface area contributed by atoms with Crippen molar-refractivity contribution in [2.45, 2.75) is 57.7 Å². The summed E-state index contributed by atoms with van der Waals surface area (Å²) in [5.74, 6) is 0.142. The summed E-state index contributed by atoms with van der Waals surface area (Å²) in [6, 6.07) is 16.7. The smallest absolute Gasteiger partial charge is 0.413 e. The van der Waals surface area contributed by atoms with E-state index in [0.29, 0.717) is 23.3 Å².